The van der Waals surface area contributed by atoms with E-state index in [4.69, 9.17) is 11.6 Å². The molecular formula is C14H9ClN2O4S. The smallest absolute Gasteiger partial charge is 0.248 e. The number of nitrogens with zero attached hydrogens (tertiary/aromatic N) is 2. The van der Waals surface area contributed by atoms with Gasteiger partial charge >= 0.3 is 0 Å². The maximum atomic E-state index is 12.2. The molecule has 0 bridgehead atoms. The van der Waals surface area contributed by atoms with Gasteiger partial charge in [-0.05, 0) is 46.9 Å². The van der Waals surface area contributed by atoms with Crippen molar-refractivity contribution in [3.05, 3.63) is 63.7 Å². The molecule has 0 atom stereocenters. The SMILES string of the molecule is O=S(=O)(/C=C\c1ccc2no[n+]([O-])c2c1)c1ccc(Cl)cc1. The molecule has 3 aromatic rings. The van der Waals surface area contributed by atoms with Crippen LogP contribution in [0.3, 0.4) is 0 Å². The van der Waals surface area contributed by atoms with Crippen molar-refractivity contribution in [1.29, 1.82) is 0 Å². The molecule has 0 N–H and O–H groups in total. The van der Waals surface area contributed by atoms with Gasteiger partial charge in [-0.25, -0.2) is 8.42 Å². The van der Waals surface area contributed by atoms with E-state index in [0.717, 1.165) is 5.41 Å². The first kappa shape index (κ1) is 14.6. The van der Waals surface area contributed by atoms with Crippen LogP contribution < -0.4 is 4.90 Å². The lowest BCUT2D eigenvalue weighted by Gasteiger charge is -1.99. The molecule has 0 aliphatic carbocycles. The van der Waals surface area contributed by atoms with Crippen molar-refractivity contribution in [2.45, 2.75) is 4.90 Å². The van der Waals surface area contributed by atoms with E-state index in [-0.39, 0.29) is 15.3 Å². The van der Waals surface area contributed by atoms with Gasteiger partial charge in [-0.1, -0.05) is 17.7 Å². The second-order valence-corrected chi connectivity index (χ2v) is 6.75. The molecule has 112 valence electrons. The summed E-state index contributed by atoms with van der Waals surface area (Å²) in [5, 5.41) is 16.4. The normalized spacial score (nSPS) is 12.2. The highest BCUT2D eigenvalue weighted by atomic mass is 35.5. The first-order valence-electron chi connectivity index (χ1n) is 6.14. The van der Waals surface area contributed by atoms with Gasteiger partial charge in [-0.15, -0.1) is 0 Å². The Labute approximate surface area is 130 Å². The first-order chi connectivity index (χ1) is 10.5. The molecule has 0 aliphatic rings. The third kappa shape index (κ3) is 2.81. The maximum absolute atomic E-state index is 12.2. The molecule has 0 radical (unpaired) electrons. The minimum atomic E-state index is -3.59. The third-order valence-electron chi connectivity index (χ3n) is 2.99. The van der Waals surface area contributed by atoms with Gasteiger partial charge in [0.2, 0.25) is 11.0 Å². The van der Waals surface area contributed by atoms with Crippen LogP contribution in [0.15, 0.2) is 57.4 Å². The standard InChI is InChI=1S/C14H9ClN2O4S/c15-11-2-4-12(5-3-11)22(19,20)8-7-10-1-6-13-14(9-10)17(18)21-16-13/h1-9H/b8-7-. The van der Waals surface area contributed by atoms with Crippen molar-refractivity contribution in [3.8, 4) is 0 Å². The topological polar surface area (TPSA) is 87.1 Å². The Hall–Kier alpha value is -2.38. The van der Waals surface area contributed by atoms with Crippen molar-refractivity contribution >= 4 is 38.5 Å². The van der Waals surface area contributed by atoms with Gasteiger partial charge in [0, 0.05) is 21.7 Å². The van der Waals surface area contributed by atoms with E-state index >= 15 is 0 Å². The minimum Gasteiger partial charge on any atom is -0.359 e. The van der Waals surface area contributed by atoms with Crippen LogP contribution in [0.4, 0.5) is 0 Å². The Morgan fingerprint density at radius 3 is 2.64 bits per heavy atom. The zero-order valence-corrected chi connectivity index (χ0v) is 12.6. The van der Waals surface area contributed by atoms with Crippen molar-refractivity contribution in [2.24, 2.45) is 0 Å². The second-order valence-electron chi connectivity index (χ2n) is 4.48. The predicted octanol–water partition coefficient (Wildman–Crippen LogP) is 2.56. The summed E-state index contributed by atoms with van der Waals surface area (Å²) in [5.74, 6) is 0. The average molecular weight is 337 g/mol. The molecule has 22 heavy (non-hydrogen) atoms. The van der Waals surface area contributed by atoms with Crippen LogP contribution in [0.5, 0.6) is 0 Å². The number of rotatable bonds is 3. The largest absolute Gasteiger partial charge is 0.359 e. The lowest BCUT2D eigenvalue weighted by molar-refractivity contribution is -0.782. The summed E-state index contributed by atoms with van der Waals surface area (Å²) in [5.41, 5.74) is 1.16. The van der Waals surface area contributed by atoms with E-state index in [2.05, 4.69) is 9.79 Å². The van der Waals surface area contributed by atoms with Crippen LogP contribution in [-0.4, -0.2) is 13.6 Å². The van der Waals surface area contributed by atoms with Crippen LogP contribution in [0.2, 0.25) is 5.02 Å². The number of halogens is 1. The van der Waals surface area contributed by atoms with Crippen LogP contribution in [0.25, 0.3) is 17.1 Å². The van der Waals surface area contributed by atoms with Crippen molar-refractivity contribution in [1.82, 2.24) is 5.16 Å². The average Bonchev–Trinajstić information content (AvgIpc) is 2.87. The maximum Gasteiger partial charge on any atom is 0.248 e. The van der Waals surface area contributed by atoms with Gasteiger partial charge in [0.1, 0.15) is 0 Å². The summed E-state index contributed by atoms with van der Waals surface area (Å²) in [7, 11) is -3.59. The molecule has 0 unspecified atom stereocenters. The van der Waals surface area contributed by atoms with Gasteiger partial charge in [0.25, 0.3) is 0 Å². The van der Waals surface area contributed by atoms with Crippen LogP contribution in [-0.2, 0) is 9.84 Å². The van der Waals surface area contributed by atoms with Crippen molar-refractivity contribution in [3.63, 3.8) is 0 Å². The highest BCUT2D eigenvalue weighted by molar-refractivity contribution is 7.94. The number of benzene rings is 2. The van der Waals surface area contributed by atoms with E-state index in [9.17, 15) is 13.6 Å². The molecule has 1 aromatic heterocycles. The number of fused-ring (bicyclic) bond motifs is 1. The summed E-state index contributed by atoms with van der Waals surface area (Å²) in [6.07, 6.45) is 1.40. The second kappa shape index (κ2) is 5.43. The lowest BCUT2D eigenvalue weighted by Crippen LogP contribution is -2.22. The zero-order chi connectivity index (χ0) is 15.7. The molecule has 0 spiro atoms. The highest BCUT2D eigenvalue weighted by Gasteiger charge is 2.11. The third-order valence-corrected chi connectivity index (χ3v) is 4.67. The van der Waals surface area contributed by atoms with Gasteiger partial charge in [0.15, 0.2) is 9.84 Å². The fraction of sp³-hybridized carbons (Fsp3) is 0. The number of hydrogen-bond donors (Lipinski definition) is 0. The molecule has 8 heteroatoms. The Kier molecular flexibility index (Phi) is 3.59. The molecular weight excluding hydrogens is 328 g/mol. The monoisotopic (exact) mass is 336 g/mol. The zero-order valence-electron chi connectivity index (χ0n) is 11.0. The molecule has 2 aromatic carbocycles. The van der Waals surface area contributed by atoms with E-state index < -0.39 is 9.84 Å². The van der Waals surface area contributed by atoms with Crippen LogP contribution in [0.1, 0.15) is 5.56 Å². The van der Waals surface area contributed by atoms with Gasteiger partial charge in [-0.3, -0.25) is 4.63 Å². The van der Waals surface area contributed by atoms with E-state index in [0.29, 0.717) is 16.1 Å². The summed E-state index contributed by atoms with van der Waals surface area (Å²) in [6, 6.07) is 10.6. The number of sulfone groups is 1. The Bertz CT molecular complexity index is 962. The van der Waals surface area contributed by atoms with E-state index in [1.165, 1.54) is 36.4 Å². The fourth-order valence-corrected chi connectivity index (χ4v) is 3.00. The van der Waals surface area contributed by atoms with Crippen molar-refractivity contribution in [2.75, 3.05) is 0 Å². The van der Waals surface area contributed by atoms with Crippen LogP contribution in [0, 0.1) is 5.21 Å². The van der Waals surface area contributed by atoms with Crippen LogP contribution >= 0.6 is 11.6 Å². The van der Waals surface area contributed by atoms with Gasteiger partial charge < -0.3 is 5.21 Å². The molecule has 0 fully saturated rings. The Morgan fingerprint density at radius 2 is 1.91 bits per heavy atom. The fourth-order valence-electron chi connectivity index (χ4n) is 1.86. The van der Waals surface area contributed by atoms with Gasteiger partial charge in [-0.2, -0.15) is 0 Å². The Balaban J connectivity index is 1.94. The van der Waals surface area contributed by atoms with Crippen molar-refractivity contribution < 1.29 is 17.9 Å². The molecule has 1 heterocycles. The quantitative estimate of drug-likeness (QED) is 0.686. The number of hydrogen-bond acceptors (Lipinski definition) is 5. The molecule has 3 rings (SSSR count). The first-order valence-corrected chi connectivity index (χ1v) is 8.06. The molecule has 0 aliphatic heterocycles. The molecule has 0 saturated heterocycles. The number of aromatic nitrogens is 2. The van der Waals surface area contributed by atoms with Gasteiger partial charge in [0.05, 0.1) is 4.90 Å². The summed E-state index contributed by atoms with van der Waals surface area (Å²) in [4.78, 5) is 0.401. The lowest BCUT2D eigenvalue weighted by atomic mass is 10.2. The summed E-state index contributed by atoms with van der Waals surface area (Å²) in [6.45, 7) is 0. The Morgan fingerprint density at radius 1 is 1.18 bits per heavy atom. The minimum absolute atomic E-state index is 0.137. The predicted molar refractivity (Wildman–Crippen MR) is 80.6 cm³/mol. The summed E-state index contributed by atoms with van der Waals surface area (Å²) >= 11 is 5.73. The molecule has 6 nitrogen and oxygen atoms in total. The van der Waals surface area contributed by atoms with E-state index in [1.807, 2.05) is 0 Å². The highest BCUT2D eigenvalue weighted by Crippen LogP contribution is 2.18. The summed E-state index contributed by atoms with van der Waals surface area (Å²) < 4.78 is 28.8. The molecule has 0 saturated carbocycles. The molecule has 0 amide bonds. The van der Waals surface area contributed by atoms with E-state index in [1.54, 1.807) is 12.1 Å².